The van der Waals surface area contributed by atoms with Crippen LogP contribution in [0, 0.1) is 5.92 Å². The van der Waals surface area contributed by atoms with Gasteiger partial charge >= 0.3 is 0 Å². The van der Waals surface area contributed by atoms with Gasteiger partial charge in [-0.2, -0.15) is 0 Å². The maximum Gasteiger partial charge on any atom is 0.0947 e. The lowest BCUT2D eigenvalue weighted by Crippen LogP contribution is -2.59. The number of hydrogen-bond acceptors (Lipinski definition) is 3. The third kappa shape index (κ3) is 1.94. The lowest BCUT2D eigenvalue weighted by atomic mass is 9.68. The number of nitrogens with two attached hydrogens (primary N) is 1. The SMILES string of the molecule is CC1CC(CN)(N(C)Cc2ccoc2)C1. The molecular weight excluding hydrogens is 188 g/mol. The van der Waals surface area contributed by atoms with Gasteiger partial charge < -0.3 is 10.2 Å². The predicted octanol–water partition coefficient (Wildman–Crippen LogP) is 1.84. The summed E-state index contributed by atoms with van der Waals surface area (Å²) in [6, 6.07) is 2.02. The molecule has 1 aliphatic rings. The molecule has 0 spiro atoms. The lowest BCUT2D eigenvalue weighted by Gasteiger charge is -2.52. The average Bonchev–Trinajstić information content (AvgIpc) is 2.64. The molecule has 3 heteroatoms. The minimum atomic E-state index is 0.233. The maximum atomic E-state index is 5.90. The molecular formula is C12H20N2O. The summed E-state index contributed by atoms with van der Waals surface area (Å²) in [4.78, 5) is 2.37. The minimum Gasteiger partial charge on any atom is -0.472 e. The Hall–Kier alpha value is -0.800. The minimum absolute atomic E-state index is 0.233. The Labute approximate surface area is 91.2 Å². The average molecular weight is 208 g/mol. The summed E-state index contributed by atoms with van der Waals surface area (Å²) >= 11 is 0. The quantitative estimate of drug-likeness (QED) is 0.821. The van der Waals surface area contributed by atoms with Gasteiger partial charge in [-0.3, -0.25) is 4.90 Å². The monoisotopic (exact) mass is 208 g/mol. The zero-order valence-corrected chi connectivity index (χ0v) is 9.57. The molecule has 0 bridgehead atoms. The predicted molar refractivity (Wildman–Crippen MR) is 60.4 cm³/mol. The fourth-order valence-electron chi connectivity index (χ4n) is 2.70. The van der Waals surface area contributed by atoms with Crippen LogP contribution < -0.4 is 5.73 Å². The highest BCUT2D eigenvalue weighted by Gasteiger charge is 2.43. The molecule has 84 valence electrons. The standard InChI is InChI=1S/C12H20N2O/c1-10-5-12(6-10,9-13)14(2)7-11-3-4-15-8-11/h3-4,8,10H,5-7,9,13H2,1-2H3. The Kier molecular flexibility index (Phi) is 2.85. The lowest BCUT2D eigenvalue weighted by molar-refractivity contribution is 0.000194. The normalized spacial score (nSPS) is 30.5. The third-order valence-electron chi connectivity index (χ3n) is 3.65. The largest absolute Gasteiger partial charge is 0.472 e. The molecule has 1 fully saturated rings. The molecule has 1 aliphatic carbocycles. The Morgan fingerprint density at radius 1 is 1.60 bits per heavy atom. The van der Waals surface area contributed by atoms with Crippen molar-refractivity contribution in [2.45, 2.75) is 31.8 Å². The third-order valence-corrected chi connectivity index (χ3v) is 3.65. The topological polar surface area (TPSA) is 42.4 Å². The molecule has 0 atom stereocenters. The summed E-state index contributed by atoms with van der Waals surface area (Å²) in [6.45, 7) is 3.98. The summed E-state index contributed by atoms with van der Waals surface area (Å²) in [7, 11) is 2.16. The molecule has 0 radical (unpaired) electrons. The molecule has 0 amide bonds. The first kappa shape index (κ1) is 10.7. The van der Waals surface area contributed by atoms with Crippen LogP contribution in [0.3, 0.4) is 0 Å². The summed E-state index contributed by atoms with van der Waals surface area (Å²) in [5, 5.41) is 0. The second-order valence-corrected chi connectivity index (χ2v) is 4.93. The van der Waals surface area contributed by atoms with Crippen LogP contribution >= 0.6 is 0 Å². The molecule has 0 saturated heterocycles. The van der Waals surface area contributed by atoms with Crippen molar-refractivity contribution in [3.8, 4) is 0 Å². The van der Waals surface area contributed by atoms with Crippen molar-refractivity contribution in [2.24, 2.45) is 11.7 Å². The second-order valence-electron chi connectivity index (χ2n) is 4.93. The molecule has 0 aliphatic heterocycles. The number of hydrogen-bond donors (Lipinski definition) is 1. The Morgan fingerprint density at radius 3 is 2.80 bits per heavy atom. The van der Waals surface area contributed by atoms with E-state index in [1.807, 2.05) is 12.3 Å². The van der Waals surface area contributed by atoms with E-state index in [9.17, 15) is 0 Å². The molecule has 0 unspecified atom stereocenters. The van der Waals surface area contributed by atoms with Crippen LogP contribution in [0.4, 0.5) is 0 Å². The van der Waals surface area contributed by atoms with Crippen molar-refractivity contribution in [3.63, 3.8) is 0 Å². The van der Waals surface area contributed by atoms with Gasteiger partial charge in [0.25, 0.3) is 0 Å². The van der Waals surface area contributed by atoms with Crippen LogP contribution in [0.25, 0.3) is 0 Å². The Bertz CT molecular complexity index is 301. The van der Waals surface area contributed by atoms with Crippen LogP contribution in [0.15, 0.2) is 23.0 Å². The molecule has 2 N–H and O–H groups in total. The summed E-state index contributed by atoms with van der Waals surface area (Å²) in [6.07, 6.45) is 5.97. The summed E-state index contributed by atoms with van der Waals surface area (Å²) in [5.74, 6) is 0.820. The molecule has 0 aromatic carbocycles. The molecule has 1 aromatic heterocycles. The van der Waals surface area contributed by atoms with Crippen molar-refractivity contribution in [1.29, 1.82) is 0 Å². The first-order valence-electron chi connectivity index (χ1n) is 5.59. The van der Waals surface area contributed by atoms with Gasteiger partial charge in [0.2, 0.25) is 0 Å². The van der Waals surface area contributed by atoms with Crippen molar-refractivity contribution in [1.82, 2.24) is 4.90 Å². The number of likely N-dealkylation sites (N-methyl/N-ethyl adjacent to an activating group) is 1. The van der Waals surface area contributed by atoms with Crippen LogP contribution in [0.5, 0.6) is 0 Å². The first-order chi connectivity index (χ1) is 7.16. The summed E-state index contributed by atoms with van der Waals surface area (Å²) < 4.78 is 5.08. The van der Waals surface area contributed by atoms with E-state index in [4.69, 9.17) is 10.2 Å². The highest BCUT2D eigenvalue weighted by molar-refractivity contribution is 5.08. The fourth-order valence-corrected chi connectivity index (χ4v) is 2.70. The van der Waals surface area contributed by atoms with Crippen molar-refractivity contribution < 1.29 is 4.42 Å². The fraction of sp³-hybridized carbons (Fsp3) is 0.667. The highest BCUT2D eigenvalue weighted by atomic mass is 16.3. The number of rotatable bonds is 4. The van der Waals surface area contributed by atoms with Crippen LogP contribution in [-0.4, -0.2) is 24.0 Å². The zero-order valence-electron chi connectivity index (χ0n) is 9.57. The van der Waals surface area contributed by atoms with E-state index in [1.54, 1.807) is 6.26 Å². The van der Waals surface area contributed by atoms with Crippen LogP contribution in [0.2, 0.25) is 0 Å². The smallest absolute Gasteiger partial charge is 0.0947 e. The van der Waals surface area contributed by atoms with Gasteiger partial charge in [0, 0.05) is 24.2 Å². The van der Waals surface area contributed by atoms with Gasteiger partial charge in [-0.05, 0) is 31.9 Å². The molecule has 2 rings (SSSR count). The van der Waals surface area contributed by atoms with E-state index >= 15 is 0 Å². The zero-order chi connectivity index (χ0) is 10.9. The molecule has 1 saturated carbocycles. The van der Waals surface area contributed by atoms with Crippen LogP contribution in [0.1, 0.15) is 25.3 Å². The molecule has 1 aromatic rings. The van der Waals surface area contributed by atoms with Crippen molar-refractivity contribution in [3.05, 3.63) is 24.2 Å². The van der Waals surface area contributed by atoms with Crippen molar-refractivity contribution in [2.75, 3.05) is 13.6 Å². The van der Waals surface area contributed by atoms with Gasteiger partial charge in [-0.15, -0.1) is 0 Å². The van der Waals surface area contributed by atoms with Crippen LogP contribution in [-0.2, 0) is 6.54 Å². The number of furan rings is 1. The van der Waals surface area contributed by atoms with E-state index in [-0.39, 0.29) is 5.54 Å². The second kappa shape index (κ2) is 3.99. The first-order valence-corrected chi connectivity index (χ1v) is 5.59. The van der Waals surface area contributed by atoms with Crippen molar-refractivity contribution >= 4 is 0 Å². The van der Waals surface area contributed by atoms with Gasteiger partial charge in [-0.25, -0.2) is 0 Å². The highest BCUT2D eigenvalue weighted by Crippen LogP contribution is 2.41. The molecule has 1 heterocycles. The summed E-state index contributed by atoms with van der Waals surface area (Å²) in [5.41, 5.74) is 7.36. The Morgan fingerprint density at radius 2 is 2.33 bits per heavy atom. The number of nitrogens with zero attached hydrogens (tertiary/aromatic N) is 1. The van der Waals surface area contributed by atoms with E-state index in [0.29, 0.717) is 0 Å². The van der Waals surface area contributed by atoms with Gasteiger partial charge in [0.15, 0.2) is 0 Å². The van der Waals surface area contributed by atoms with E-state index in [1.165, 1.54) is 18.4 Å². The molecule has 15 heavy (non-hydrogen) atoms. The van der Waals surface area contributed by atoms with Gasteiger partial charge in [0.1, 0.15) is 0 Å². The van der Waals surface area contributed by atoms with E-state index < -0.39 is 0 Å². The van der Waals surface area contributed by atoms with E-state index in [2.05, 4.69) is 18.9 Å². The molecule has 3 nitrogen and oxygen atoms in total. The maximum absolute atomic E-state index is 5.90. The van der Waals surface area contributed by atoms with Gasteiger partial charge in [0.05, 0.1) is 12.5 Å². The van der Waals surface area contributed by atoms with E-state index in [0.717, 1.165) is 19.0 Å². The van der Waals surface area contributed by atoms with Gasteiger partial charge in [-0.1, -0.05) is 6.92 Å². The Balaban J connectivity index is 1.98.